The van der Waals surface area contributed by atoms with Gasteiger partial charge in [0.2, 0.25) is 0 Å². The Bertz CT molecular complexity index is 379. The molecule has 1 aromatic carbocycles. The number of ether oxygens (including phenoxy) is 1. The van der Waals surface area contributed by atoms with Gasteiger partial charge in [-0.2, -0.15) is 4.58 Å². The zero-order valence-corrected chi connectivity index (χ0v) is 9.02. The largest absolute Gasteiger partial charge is 0.442 e. The Morgan fingerprint density at radius 2 is 2.13 bits per heavy atom. The Labute approximate surface area is 90.5 Å². The minimum absolute atomic E-state index is 0.824. The molecule has 0 fully saturated rings. The maximum absolute atomic E-state index is 5.38. The molecule has 0 radical (unpaired) electrons. The Balaban J connectivity index is 1.93. The third-order valence-corrected chi connectivity index (χ3v) is 2.55. The van der Waals surface area contributed by atoms with E-state index in [1.165, 1.54) is 5.56 Å². The second-order valence-electron chi connectivity index (χ2n) is 3.63. The molecule has 0 aliphatic carbocycles. The molecular formula is C13H16NO+. The van der Waals surface area contributed by atoms with Crippen molar-refractivity contribution in [3.8, 4) is 0 Å². The van der Waals surface area contributed by atoms with Gasteiger partial charge in [-0.15, -0.1) is 0 Å². The van der Waals surface area contributed by atoms with E-state index >= 15 is 0 Å². The summed E-state index contributed by atoms with van der Waals surface area (Å²) in [6.45, 7) is 4.78. The summed E-state index contributed by atoms with van der Waals surface area (Å²) in [5.41, 5.74) is 1.25. The van der Waals surface area contributed by atoms with Crippen LogP contribution in [0.3, 0.4) is 0 Å². The number of hydrogen-bond acceptors (Lipinski definition) is 1. The molecule has 1 aliphatic rings. The van der Waals surface area contributed by atoms with Crippen LogP contribution in [0.25, 0.3) is 6.08 Å². The SMILES string of the molecule is CC1=[N+](CC=Cc2ccccc2)CCO1. The van der Waals surface area contributed by atoms with E-state index in [1.807, 2.05) is 13.0 Å². The summed E-state index contributed by atoms with van der Waals surface area (Å²) in [5, 5.41) is 0. The molecule has 2 nitrogen and oxygen atoms in total. The number of hydrogen-bond donors (Lipinski definition) is 0. The van der Waals surface area contributed by atoms with Gasteiger partial charge in [-0.25, -0.2) is 0 Å². The van der Waals surface area contributed by atoms with E-state index in [2.05, 4.69) is 41.0 Å². The summed E-state index contributed by atoms with van der Waals surface area (Å²) in [5.74, 6) is 1.03. The van der Waals surface area contributed by atoms with Crippen LogP contribution < -0.4 is 0 Å². The van der Waals surface area contributed by atoms with E-state index in [0.29, 0.717) is 0 Å². The molecule has 0 N–H and O–H groups in total. The molecule has 0 saturated carbocycles. The first-order valence-corrected chi connectivity index (χ1v) is 5.29. The molecule has 0 aromatic heterocycles. The van der Waals surface area contributed by atoms with Gasteiger partial charge < -0.3 is 4.74 Å². The van der Waals surface area contributed by atoms with Crippen LogP contribution >= 0.6 is 0 Å². The lowest BCUT2D eigenvalue weighted by molar-refractivity contribution is -0.508. The summed E-state index contributed by atoms with van der Waals surface area (Å²) < 4.78 is 7.61. The molecule has 2 rings (SSSR count). The van der Waals surface area contributed by atoms with Crippen LogP contribution in [0.4, 0.5) is 0 Å². The highest BCUT2D eigenvalue weighted by atomic mass is 16.5. The van der Waals surface area contributed by atoms with Crippen molar-refractivity contribution in [2.75, 3.05) is 19.7 Å². The van der Waals surface area contributed by atoms with Crippen molar-refractivity contribution in [3.05, 3.63) is 42.0 Å². The summed E-state index contributed by atoms with van der Waals surface area (Å²) >= 11 is 0. The van der Waals surface area contributed by atoms with E-state index in [9.17, 15) is 0 Å². The molecule has 0 saturated heterocycles. The molecule has 0 bridgehead atoms. The number of benzene rings is 1. The highest BCUT2D eigenvalue weighted by Crippen LogP contribution is 2.01. The minimum atomic E-state index is 0.824. The predicted molar refractivity (Wildman–Crippen MR) is 62.1 cm³/mol. The maximum atomic E-state index is 5.38. The topological polar surface area (TPSA) is 12.2 Å². The van der Waals surface area contributed by atoms with Gasteiger partial charge >= 0.3 is 5.90 Å². The van der Waals surface area contributed by atoms with E-state index in [1.54, 1.807) is 0 Å². The summed E-state index contributed by atoms with van der Waals surface area (Å²) in [7, 11) is 0. The second kappa shape index (κ2) is 4.78. The lowest BCUT2D eigenvalue weighted by atomic mass is 10.2. The van der Waals surface area contributed by atoms with Gasteiger partial charge in [0.05, 0.1) is 6.92 Å². The highest BCUT2D eigenvalue weighted by molar-refractivity contribution is 5.68. The average molecular weight is 202 g/mol. The van der Waals surface area contributed by atoms with Crippen molar-refractivity contribution in [2.45, 2.75) is 6.92 Å². The molecule has 0 unspecified atom stereocenters. The minimum Gasteiger partial charge on any atom is -0.442 e. The average Bonchev–Trinajstić information content (AvgIpc) is 2.66. The Hall–Kier alpha value is -1.57. The van der Waals surface area contributed by atoms with Crippen LogP contribution in [0.5, 0.6) is 0 Å². The van der Waals surface area contributed by atoms with E-state index in [4.69, 9.17) is 4.74 Å². The Morgan fingerprint density at radius 1 is 1.33 bits per heavy atom. The maximum Gasteiger partial charge on any atom is 0.333 e. The molecule has 0 atom stereocenters. The first-order chi connectivity index (χ1) is 7.36. The van der Waals surface area contributed by atoms with Crippen molar-refractivity contribution >= 4 is 12.0 Å². The predicted octanol–water partition coefficient (Wildman–Crippen LogP) is 2.16. The summed E-state index contributed by atoms with van der Waals surface area (Å²) in [6, 6.07) is 10.3. The standard InChI is InChI=1S/C13H16NO/c1-12-14(10-11-15-12)9-5-8-13-6-3-2-4-7-13/h2-8H,9-11H2,1H3/q+1. The first kappa shape index (κ1) is 9.97. The smallest absolute Gasteiger partial charge is 0.333 e. The van der Waals surface area contributed by atoms with Crippen LogP contribution in [0.15, 0.2) is 36.4 Å². The lowest BCUT2D eigenvalue weighted by Gasteiger charge is -1.92. The second-order valence-corrected chi connectivity index (χ2v) is 3.63. The summed E-state index contributed by atoms with van der Waals surface area (Å²) in [6.07, 6.45) is 4.32. The quantitative estimate of drug-likeness (QED) is 0.684. The summed E-state index contributed by atoms with van der Waals surface area (Å²) in [4.78, 5) is 0. The Kier molecular flexibility index (Phi) is 3.18. The fourth-order valence-corrected chi connectivity index (χ4v) is 1.65. The zero-order valence-electron chi connectivity index (χ0n) is 9.02. The van der Waals surface area contributed by atoms with Crippen LogP contribution in [0.1, 0.15) is 12.5 Å². The molecule has 0 spiro atoms. The molecule has 1 aliphatic heterocycles. The first-order valence-electron chi connectivity index (χ1n) is 5.29. The van der Waals surface area contributed by atoms with Crippen LogP contribution in [-0.2, 0) is 4.74 Å². The van der Waals surface area contributed by atoms with Crippen molar-refractivity contribution in [3.63, 3.8) is 0 Å². The fraction of sp³-hybridized carbons (Fsp3) is 0.308. The van der Waals surface area contributed by atoms with E-state index < -0.39 is 0 Å². The monoisotopic (exact) mass is 202 g/mol. The molecular weight excluding hydrogens is 186 g/mol. The van der Waals surface area contributed by atoms with Crippen LogP contribution in [0, 0.1) is 0 Å². The fourth-order valence-electron chi connectivity index (χ4n) is 1.65. The molecule has 0 amide bonds. The van der Waals surface area contributed by atoms with Crippen molar-refractivity contribution in [2.24, 2.45) is 0 Å². The van der Waals surface area contributed by atoms with Crippen molar-refractivity contribution in [1.82, 2.24) is 0 Å². The van der Waals surface area contributed by atoms with Gasteiger partial charge in [-0.05, 0) is 11.6 Å². The van der Waals surface area contributed by atoms with E-state index in [-0.39, 0.29) is 0 Å². The third kappa shape index (κ3) is 2.69. The molecule has 2 heteroatoms. The third-order valence-electron chi connectivity index (χ3n) is 2.55. The van der Waals surface area contributed by atoms with Gasteiger partial charge in [-0.3, -0.25) is 0 Å². The molecule has 1 heterocycles. The molecule has 78 valence electrons. The zero-order chi connectivity index (χ0) is 10.5. The van der Waals surface area contributed by atoms with E-state index in [0.717, 1.165) is 25.6 Å². The van der Waals surface area contributed by atoms with Gasteiger partial charge in [-0.1, -0.05) is 36.4 Å². The highest BCUT2D eigenvalue weighted by Gasteiger charge is 2.16. The van der Waals surface area contributed by atoms with Crippen LogP contribution in [0.2, 0.25) is 0 Å². The Morgan fingerprint density at radius 3 is 2.80 bits per heavy atom. The van der Waals surface area contributed by atoms with Gasteiger partial charge in [0.15, 0.2) is 19.7 Å². The number of rotatable bonds is 3. The molecule has 1 aromatic rings. The molecule has 15 heavy (non-hydrogen) atoms. The number of nitrogens with zero attached hydrogens (tertiary/aromatic N) is 1. The van der Waals surface area contributed by atoms with Crippen molar-refractivity contribution < 1.29 is 9.31 Å². The van der Waals surface area contributed by atoms with Gasteiger partial charge in [0, 0.05) is 0 Å². The van der Waals surface area contributed by atoms with Gasteiger partial charge in [0.25, 0.3) is 0 Å². The normalized spacial score (nSPS) is 16.1. The lowest BCUT2D eigenvalue weighted by Crippen LogP contribution is -2.13. The van der Waals surface area contributed by atoms with Crippen LogP contribution in [-0.4, -0.2) is 30.2 Å². The van der Waals surface area contributed by atoms with Crippen molar-refractivity contribution in [1.29, 1.82) is 0 Å². The van der Waals surface area contributed by atoms with Gasteiger partial charge in [0.1, 0.15) is 0 Å².